The van der Waals surface area contributed by atoms with Crippen molar-refractivity contribution in [1.29, 1.82) is 0 Å². The van der Waals surface area contributed by atoms with E-state index in [1.807, 2.05) is 23.1 Å². The number of benzene rings is 2. The maximum Gasteiger partial charge on any atom is 0.291 e. The van der Waals surface area contributed by atoms with Gasteiger partial charge in [0, 0.05) is 23.4 Å². The second kappa shape index (κ2) is 8.95. The Kier molecular flexibility index (Phi) is 5.93. The standard InChI is InChI=1S/C24H24N2O5/c1-29-18-11-12-21(30-2)19(15-18)20-5-3-13-26(20)24(28)16-7-9-17(10-8-16)25-23(27)22-6-4-14-31-22/h4,6-12,14-15,20H,3,5,13H2,1-2H3,(H,25,27)/t20-/m1/s1. The Labute approximate surface area is 180 Å². The summed E-state index contributed by atoms with van der Waals surface area (Å²) in [6.07, 6.45) is 3.21. The number of furan rings is 1. The smallest absolute Gasteiger partial charge is 0.291 e. The Bertz CT molecular complexity index is 1060. The molecule has 0 saturated carbocycles. The molecule has 4 rings (SSSR count). The lowest BCUT2D eigenvalue weighted by atomic mass is 10.0. The highest BCUT2D eigenvalue weighted by molar-refractivity contribution is 6.02. The van der Waals surface area contributed by atoms with Gasteiger partial charge in [-0.3, -0.25) is 9.59 Å². The number of carbonyl (C=O) groups is 2. The van der Waals surface area contributed by atoms with Crippen molar-refractivity contribution in [2.24, 2.45) is 0 Å². The van der Waals surface area contributed by atoms with Crippen molar-refractivity contribution in [1.82, 2.24) is 4.90 Å². The Morgan fingerprint density at radius 3 is 2.55 bits per heavy atom. The zero-order chi connectivity index (χ0) is 21.8. The van der Waals surface area contributed by atoms with E-state index in [1.165, 1.54) is 6.26 Å². The van der Waals surface area contributed by atoms with Crippen LogP contribution in [-0.4, -0.2) is 37.5 Å². The lowest BCUT2D eigenvalue weighted by molar-refractivity contribution is 0.0734. The molecule has 1 aliphatic heterocycles. The lowest BCUT2D eigenvalue weighted by Gasteiger charge is -2.27. The van der Waals surface area contributed by atoms with E-state index in [2.05, 4.69) is 5.32 Å². The third kappa shape index (κ3) is 4.26. The second-order valence-electron chi connectivity index (χ2n) is 7.27. The molecule has 2 amide bonds. The van der Waals surface area contributed by atoms with Crippen LogP contribution in [0.25, 0.3) is 0 Å². The number of hydrogen-bond acceptors (Lipinski definition) is 5. The zero-order valence-corrected chi connectivity index (χ0v) is 17.5. The van der Waals surface area contributed by atoms with Gasteiger partial charge in [-0.15, -0.1) is 0 Å². The maximum absolute atomic E-state index is 13.3. The Morgan fingerprint density at radius 2 is 1.87 bits per heavy atom. The molecule has 3 aromatic rings. The number of ether oxygens (including phenoxy) is 2. The minimum atomic E-state index is -0.339. The van der Waals surface area contributed by atoms with E-state index in [1.54, 1.807) is 50.6 Å². The molecule has 1 N–H and O–H groups in total. The number of carbonyl (C=O) groups excluding carboxylic acids is 2. The van der Waals surface area contributed by atoms with Crippen LogP contribution in [0.2, 0.25) is 0 Å². The molecule has 7 heteroatoms. The number of anilines is 1. The van der Waals surface area contributed by atoms with Gasteiger partial charge in [-0.1, -0.05) is 0 Å². The summed E-state index contributed by atoms with van der Waals surface area (Å²) in [6, 6.07) is 15.7. The molecule has 1 aromatic heterocycles. The van der Waals surface area contributed by atoms with Gasteiger partial charge in [0.1, 0.15) is 11.5 Å². The van der Waals surface area contributed by atoms with Crippen LogP contribution >= 0.6 is 0 Å². The molecule has 0 aliphatic carbocycles. The van der Waals surface area contributed by atoms with E-state index in [9.17, 15) is 9.59 Å². The van der Waals surface area contributed by atoms with Crippen molar-refractivity contribution in [3.05, 3.63) is 77.7 Å². The van der Waals surface area contributed by atoms with Gasteiger partial charge in [-0.2, -0.15) is 0 Å². The molecule has 0 bridgehead atoms. The van der Waals surface area contributed by atoms with Crippen LogP contribution in [0.4, 0.5) is 5.69 Å². The Morgan fingerprint density at radius 1 is 1.06 bits per heavy atom. The van der Waals surface area contributed by atoms with Crippen molar-refractivity contribution in [3.63, 3.8) is 0 Å². The topological polar surface area (TPSA) is 81.0 Å². The molecule has 31 heavy (non-hydrogen) atoms. The number of nitrogens with zero attached hydrogens (tertiary/aromatic N) is 1. The minimum absolute atomic E-state index is 0.0590. The molecule has 1 aliphatic rings. The van der Waals surface area contributed by atoms with Crippen LogP contribution in [0.1, 0.15) is 45.4 Å². The van der Waals surface area contributed by atoms with Crippen LogP contribution in [0.5, 0.6) is 11.5 Å². The molecular formula is C24H24N2O5. The van der Waals surface area contributed by atoms with Gasteiger partial charge in [0.15, 0.2) is 5.76 Å². The summed E-state index contributed by atoms with van der Waals surface area (Å²) in [7, 11) is 3.25. The summed E-state index contributed by atoms with van der Waals surface area (Å²) < 4.78 is 16.0. The van der Waals surface area contributed by atoms with Gasteiger partial charge in [0.25, 0.3) is 11.8 Å². The molecule has 160 valence electrons. The van der Waals surface area contributed by atoms with Gasteiger partial charge in [-0.25, -0.2) is 0 Å². The van der Waals surface area contributed by atoms with Gasteiger partial charge < -0.3 is 24.1 Å². The fraction of sp³-hybridized carbons (Fsp3) is 0.250. The van der Waals surface area contributed by atoms with E-state index < -0.39 is 0 Å². The zero-order valence-electron chi connectivity index (χ0n) is 17.5. The monoisotopic (exact) mass is 420 g/mol. The van der Waals surface area contributed by atoms with Crippen LogP contribution in [0.3, 0.4) is 0 Å². The first-order valence-corrected chi connectivity index (χ1v) is 10.1. The normalized spacial score (nSPS) is 15.5. The molecule has 1 saturated heterocycles. The highest BCUT2D eigenvalue weighted by Crippen LogP contribution is 2.39. The van der Waals surface area contributed by atoms with E-state index in [-0.39, 0.29) is 23.6 Å². The largest absolute Gasteiger partial charge is 0.497 e. The fourth-order valence-corrected chi connectivity index (χ4v) is 3.90. The molecule has 2 aromatic carbocycles. The van der Waals surface area contributed by atoms with Crippen LogP contribution in [-0.2, 0) is 0 Å². The number of likely N-dealkylation sites (tertiary alicyclic amines) is 1. The summed E-state index contributed by atoms with van der Waals surface area (Å²) in [6.45, 7) is 0.668. The first-order valence-electron chi connectivity index (χ1n) is 10.1. The molecule has 1 atom stereocenters. The Hall–Kier alpha value is -3.74. The van der Waals surface area contributed by atoms with Crippen molar-refractivity contribution in [2.45, 2.75) is 18.9 Å². The quantitative estimate of drug-likeness (QED) is 0.634. The van der Waals surface area contributed by atoms with Gasteiger partial charge in [0.05, 0.1) is 26.5 Å². The van der Waals surface area contributed by atoms with Gasteiger partial charge >= 0.3 is 0 Å². The first-order chi connectivity index (χ1) is 15.1. The molecule has 0 radical (unpaired) electrons. The summed E-state index contributed by atoms with van der Waals surface area (Å²) in [5, 5.41) is 2.75. The number of nitrogens with one attached hydrogen (secondary N) is 1. The minimum Gasteiger partial charge on any atom is -0.497 e. The van der Waals surface area contributed by atoms with Crippen molar-refractivity contribution < 1.29 is 23.5 Å². The number of methoxy groups -OCH3 is 2. The maximum atomic E-state index is 13.3. The van der Waals surface area contributed by atoms with Crippen LogP contribution in [0, 0.1) is 0 Å². The Balaban J connectivity index is 1.52. The molecular weight excluding hydrogens is 396 g/mol. The fourth-order valence-electron chi connectivity index (χ4n) is 3.90. The van der Waals surface area contributed by atoms with Gasteiger partial charge in [0.2, 0.25) is 0 Å². The number of rotatable bonds is 6. The van der Waals surface area contributed by atoms with E-state index in [0.717, 1.165) is 29.9 Å². The third-order valence-corrected chi connectivity index (χ3v) is 5.44. The average molecular weight is 420 g/mol. The van der Waals surface area contributed by atoms with Crippen molar-refractivity contribution >= 4 is 17.5 Å². The molecule has 7 nitrogen and oxygen atoms in total. The number of hydrogen-bond donors (Lipinski definition) is 1. The molecule has 2 heterocycles. The first kappa shape index (κ1) is 20.5. The lowest BCUT2D eigenvalue weighted by Crippen LogP contribution is -2.30. The average Bonchev–Trinajstić information content (AvgIpc) is 3.51. The van der Waals surface area contributed by atoms with E-state index in [0.29, 0.717) is 17.8 Å². The van der Waals surface area contributed by atoms with Crippen LogP contribution < -0.4 is 14.8 Å². The summed E-state index contributed by atoms with van der Waals surface area (Å²) >= 11 is 0. The highest BCUT2D eigenvalue weighted by atomic mass is 16.5. The predicted molar refractivity (Wildman–Crippen MR) is 116 cm³/mol. The van der Waals surface area contributed by atoms with Crippen molar-refractivity contribution in [3.8, 4) is 11.5 Å². The second-order valence-corrected chi connectivity index (χ2v) is 7.27. The SMILES string of the molecule is COc1ccc(OC)c([C@H]2CCCN2C(=O)c2ccc(NC(=O)c3ccco3)cc2)c1. The third-order valence-electron chi connectivity index (χ3n) is 5.44. The molecule has 0 spiro atoms. The van der Waals surface area contributed by atoms with E-state index >= 15 is 0 Å². The van der Waals surface area contributed by atoms with Crippen molar-refractivity contribution in [2.75, 3.05) is 26.1 Å². The summed E-state index contributed by atoms with van der Waals surface area (Å²) in [5.41, 5.74) is 2.09. The summed E-state index contributed by atoms with van der Waals surface area (Å²) in [4.78, 5) is 27.2. The predicted octanol–water partition coefficient (Wildman–Crippen LogP) is 4.53. The highest BCUT2D eigenvalue weighted by Gasteiger charge is 2.32. The van der Waals surface area contributed by atoms with E-state index in [4.69, 9.17) is 13.9 Å². The number of amides is 2. The van der Waals surface area contributed by atoms with Crippen LogP contribution in [0.15, 0.2) is 65.3 Å². The van der Waals surface area contributed by atoms with Gasteiger partial charge in [-0.05, 0) is 67.4 Å². The summed E-state index contributed by atoms with van der Waals surface area (Å²) in [5.74, 6) is 1.30. The molecule has 1 fully saturated rings. The molecule has 0 unspecified atom stereocenters.